The van der Waals surface area contributed by atoms with Crippen molar-refractivity contribution < 1.29 is 15.3 Å². The van der Waals surface area contributed by atoms with Crippen molar-refractivity contribution in [1.82, 2.24) is 13.7 Å². The highest BCUT2D eigenvalue weighted by molar-refractivity contribution is 7.71. The zero-order valence-electron chi connectivity index (χ0n) is 13.9. The third-order valence-electron chi connectivity index (χ3n) is 3.99. The first-order valence-corrected chi connectivity index (χ1v) is 7.78. The molecule has 10 heteroatoms. The van der Waals surface area contributed by atoms with E-state index in [1.165, 1.54) is 25.1 Å². The molecule has 0 saturated carbocycles. The predicted octanol–water partition coefficient (Wildman–Crippen LogP) is 0.348. The number of ether oxygens (including phenoxy) is 1. The zero-order chi connectivity index (χ0) is 19.2. The van der Waals surface area contributed by atoms with E-state index in [0.29, 0.717) is 4.57 Å². The molecule has 0 saturated heterocycles. The van der Waals surface area contributed by atoms with Gasteiger partial charge in [0.05, 0.1) is 17.9 Å². The Morgan fingerprint density at radius 3 is 2.42 bits per heavy atom. The lowest BCUT2D eigenvalue weighted by molar-refractivity contribution is -0.121. The number of carbonyl (C=O) groups is 1. The topological polar surface area (TPSA) is 78.5 Å². The summed E-state index contributed by atoms with van der Waals surface area (Å²) in [6.07, 6.45) is 5.28. The second kappa shape index (κ2) is 6.27. The first kappa shape index (κ1) is 17.6. The van der Waals surface area contributed by atoms with Crippen LogP contribution in [0.2, 0.25) is 0 Å². The van der Waals surface area contributed by atoms with Crippen LogP contribution in [0.5, 0.6) is 5.75 Å². The van der Waals surface area contributed by atoms with Gasteiger partial charge in [-0.1, -0.05) is 5.92 Å². The number of rotatable bonds is 2. The van der Waals surface area contributed by atoms with Gasteiger partial charge >= 0.3 is 11.4 Å². The van der Waals surface area contributed by atoms with Crippen molar-refractivity contribution in [3.8, 4) is 23.8 Å². The van der Waals surface area contributed by atoms with Crippen LogP contribution in [0.15, 0.2) is 21.7 Å². The lowest BCUT2D eigenvalue weighted by atomic mass is 10.2. The predicted molar refractivity (Wildman–Crippen MR) is 95.8 cm³/mol. The Balaban J connectivity index is 0.00000261. The molecule has 2 aromatic rings. The van der Waals surface area contributed by atoms with Gasteiger partial charge in [0.2, 0.25) is 0 Å². The molecular weight excluding hydrogens is 363 g/mol. The maximum atomic E-state index is 14.6. The van der Waals surface area contributed by atoms with Crippen LogP contribution in [0.1, 0.15) is 1.43 Å². The Kier molecular flexibility index (Phi) is 4.25. The molecule has 0 unspecified atom stereocenters. The van der Waals surface area contributed by atoms with Crippen LogP contribution in [0, 0.1) is 22.9 Å². The van der Waals surface area contributed by atoms with Gasteiger partial charge in [-0.2, -0.15) is 0 Å². The fraction of sp³-hybridized carbons (Fsp3) is 0.250. The molecule has 1 aromatic carbocycles. The third kappa shape index (κ3) is 2.53. The van der Waals surface area contributed by atoms with E-state index in [1.54, 1.807) is 0 Å². The van der Waals surface area contributed by atoms with E-state index in [4.69, 9.17) is 23.4 Å². The molecule has 0 atom stereocenters. The highest BCUT2D eigenvalue weighted by atomic mass is 32.1. The van der Waals surface area contributed by atoms with Gasteiger partial charge in [-0.3, -0.25) is 18.8 Å². The van der Waals surface area contributed by atoms with E-state index in [2.05, 4.69) is 5.92 Å². The van der Waals surface area contributed by atoms with Crippen molar-refractivity contribution in [2.24, 2.45) is 14.1 Å². The maximum Gasteiger partial charge on any atom is 0.338 e. The molecule has 1 aliphatic rings. The SMILES string of the molecule is C#CCN1C(=O)COc2cc(F)c(-n3c(=O)n(C)c(=S)n(C)c3=O)cc21.[2HH]. The smallest absolute Gasteiger partial charge is 0.338 e. The van der Waals surface area contributed by atoms with Gasteiger partial charge < -0.3 is 4.74 Å². The van der Waals surface area contributed by atoms with E-state index >= 15 is 0 Å². The number of benzene rings is 1. The molecule has 0 N–H and O–H groups in total. The average Bonchev–Trinajstić information content (AvgIpc) is 2.62. The van der Waals surface area contributed by atoms with E-state index in [-0.39, 0.29) is 36.5 Å². The Morgan fingerprint density at radius 2 is 1.85 bits per heavy atom. The summed E-state index contributed by atoms with van der Waals surface area (Å²) in [5.41, 5.74) is -1.79. The number of fused-ring (bicyclic) bond motifs is 1. The van der Waals surface area contributed by atoms with E-state index in [0.717, 1.165) is 15.2 Å². The fourth-order valence-electron chi connectivity index (χ4n) is 2.62. The maximum absolute atomic E-state index is 14.6. The molecule has 2 heterocycles. The molecule has 26 heavy (non-hydrogen) atoms. The molecule has 0 radical (unpaired) electrons. The number of terminal acetylenes is 1. The number of anilines is 1. The highest BCUT2D eigenvalue weighted by Crippen LogP contribution is 2.35. The van der Waals surface area contributed by atoms with Crippen LogP contribution >= 0.6 is 12.2 Å². The lowest BCUT2D eigenvalue weighted by Gasteiger charge is -2.28. The third-order valence-corrected chi connectivity index (χ3v) is 4.54. The summed E-state index contributed by atoms with van der Waals surface area (Å²) in [6, 6.07) is 2.19. The van der Waals surface area contributed by atoms with Crippen LogP contribution in [0.3, 0.4) is 0 Å². The first-order chi connectivity index (χ1) is 12.3. The number of hydrogen-bond donors (Lipinski definition) is 0. The molecule has 8 nitrogen and oxygen atoms in total. The van der Waals surface area contributed by atoms with Crippen molar-refractivity contribution in [2.75, 3.05) is 18.1 Å². The fourth-order valence-corrected chi connectivity index (χ4v) is 2.78. The molecule has 0 aliphatic carbocycles. The van der Waals surface area contributed by atoms with Gasteiger partial charge in [-0.25, -0.2) is 18.5 Å². The van der Waals surface area contributed by atoms with Crippen LogP contribution < -0.4 is 21.0 Å². The van der Waals surface area contributed by atoms with Crippen molar-refractivity contribution >= 4 is 23.8 Å². The number of aromatic nitrogens is 3. The second-order valence-corrected chi connectivity index (χ2v) is 5.91. The van der Waals surface area contributed by atoms with Crippen molar-refractivity contribution in [3.05, 3.63) is 43.7 Å². The number of nitrogens with zero attached hydrogens (tertiary/aromatic N) is 4. The Bertz CT molecular complexity index is 1120. The standard InChI is InChI=1S/C16H13FN4O4S.H2/c1-4-5-20-11-7-10(9(17)6-12(11)25-8-13(20)22)21-14(23)18(2)16(26)19(3)15(21)24;/h1,6-7H,5,8H2,2-3H3;1H/i;1+1. The summed E-state index contributed by atoms with van der Waals surface area (Å²) in [6.45, 7) is -0.346. The minimum atomic E-state index is -0.866. The van der Waals surface area contributed by atoms with Crippen molar-refractivity contribution in [2.45, 2.75) is 0 Å². The van der Waals surface area contributed by atoms with E-state index < -0.39 is 23.1 Å². The summed E-state index contributed by atoms with van der Waals surface area (Å²) >= 11 is 5.00. The summed E-state index contributed by atoms with van der Waals surface area (Å²) in [4.78, 5) is 38.2. The molecule has 3 rings (SSSR count). The van der Waals surface area contributed by atoms with E-state index in [9.17, 15) is 18.8 Å². The Labute approximate surface area is 153 Å². The van der Waals surface area contributed by atoms with Gasteiger partial charge in [-0.05, 0) is 18.3 Å². The van der Waals surface area contributed by atoms with Gasteiger partial charge in [0.15, 0.2) is 17.2 Å². The van der Waals surface area contributed by atoms with Gasteiger partial charge in [0.1, 0.15) is 5.75 Å². The van der Waals surface area contributed by atoms with E-state index in [1.807, 2.05) is 0 Å². The second-order valence-electron chi connectivity index (χ2n) is 5.55. The quantitative estimate of drug-likeness (QED) is 0.556. The van der Waals surface area contributed by atoms with Gasteiger partial charge in [-0.15, -0.1) is 6.42 Å². The van der Waals surface area contributed by atoms with Crippen LogP contribution in [-0.4, -0.2) is 32.8 Å². The van der Waals surface area contributed by atoms with Crippen molar-refractivity contribution in [3.63, 3.8) is 0 Å². The normalized spacial score (nSPS) is 13.2. The van der Waals surface area contributed by atoms with Crippen LogP contribution in [0.25, 0.3) is 5.69 Å². The van der Waals surface area contributed by atoms with Crippen molar-refractivity contribution in [1.29, 1.82) is 0 Å². The lowest BCUT2D eigenvalue weighted by Crippen LogP contribution is -2.44. The Morgan fingerprint density at radius 1 is 1.23 bits per heavy atom. The summed E-state index contributed by atoms with van der Waals surface area (Å²) in [5, 5.41) is 0. The first-order valence-electron chi connectivity index (χ1n) is 7.37. The molecule has 0 spiro atoms. The summed E-state index contributed by atoms with van der Waals surface area (Å²) in [7, 11) is 2.74. The Hall–Kier alpha value is -3.19. The van der Waals surface area contributed by atoms with Crippen LogP contribution in [-0.2, 0) is 18.9 Å². The van der Waals surface area contributed by atoms with Gasteiger partial charge in [0.25, 0.3) is 5.91 Å². The molecule has 1 aromatic heterocycles. The number of halogens is 1. The average molecular weight is 379 g/mol. The number of amides is 1. The number of carbonyl (C=O) groups excluding carboxylic acids is 1. The summed E-state index contributed by atoms with van der Waals surface area (Å²) < 4.78 is 22.6. The molecule has 0 bridgehead atoms. The molecule has 1 amide bonds. The minimum absolute atomic E-state index is 0. The zero-order valence-corrected chi connectivity index (χ0v) is 14.7. The minimum Gasteiger partial charge on any atom is -0.481 e. The monoisotopic (exact) mass is 379 g/mol. The molecule has 136 valence electrons. The van der Waals surface area contributed by atoms with Gasteiger partial charge in [0, 0.05) is 21.6 Å². The molecular formula is C16H15FN4O4S. The number of hydrogen-bond acceptors (Lipinski definition) is 5. The molecule has 0 fully saturated rings. The van der Waals surface area contributed by atoms with Crippen LogP contribution in [0.4, 0.5) is 10.1 Å². The largest absolute Gasteiger partial charge is 0.481 e. The summed E-state index contributed by atoms with van der Waals surface area (Å²) in [5.74, 6) is 1.14. The molecule has 1 aliphatic heterocycles. The highest BCUT2D eigenvalue weighted by Gasteiger charge is 2.28.